The Morgan fingerprint density at radius 3 is 1.79 bits per heavy atom. The number of benzene rings is 7. The molecule has 1 aliphatic rings. The van der Waals surface area contributed by atoms with Gasteiger partial charge in [-0.05, 0) is 53.9 Å². The molecule has 1 atom stereocenters. The minimum atomic E-state index is 0.257. The Bertz CT molecular complexity index is 3110. The highest BCUT2D eigenvalue weighted by atomic mass is 15.1. The fourth-order valence-corrected chi connectivity index (χ4v) is 8.59. The van der Waals surface area contributed by atoms with E-state index < -0.39 is 0 Å². The summed E-state index contributed by atoms with van der Waals surface area (Å²) in [6.45, 7) is 0. The van der Waals surface area contributed by atoms with Gasteiger partial charge in [0.15, 0.2) is 17.5 Å². The molecule has 11 rings (SSSR count). The van der Waals surface area contributed by atoms with Gasteiger partial charge in [0.2, 0.25) is 0 Å². The molecule has 5 heteroatoms. The van der Waals surface area contributed by atoms with Crippen molar-refractivity contribution >= 4 is 43.6 Å². The van der Waals surface area contributed by atoms with Crippen molar-refractivity contribution < 1.29 is 0 Å². The average Bonchev–Trinajstić information content (AvgIpc) is 3.80. The number of hydrogen-bond acceptors (Lipinski definition) is 3. The third kappa shape index (κ3) is 5.20. The fraction of sp³-hybridized carbons (Fsp3) is 0.0392. The van der Waals surface area contributed by atoms with E-state index in [4.69, 9.17) is 15.0 Å². The Kier molecular flexibility index (Phi) is 7.56. The molecule has 0 amide bonds. The van der Waals surface area contributed by atoms with Crippen LogP contribution < -0.4 is 0 Å². The Balaban J connectivity index is 1.14. The number of allylic oxidation sites excluding steroid dienone is 4. The van der Waals surface area contributed by atoms with Gasteiger partial charge in [-0.1, -0.05) is 158 Å². The van der Waals surface area contributed by atoms with Crippen molar-refractivity contribution in [2.45, 2.75) is 12.5 Å². The summed E-state index contributed by atoms with van der Waals surface area (Å²) in [6.07, 6.45) is 9.88. The maximum atomic E-state index is 5.14. The number of hydrogen-bond donors (Lipinski definition) is 0. The molecule has 1 unspecified atom stereocenters. The largest absolute Gasteiger partial charge is 0.333 e. The molecule has 7 aromatic carbocycles. The summed E-state index contributed by atoms with van der Waals surface area (Å²) < 4.78 is 4.91. The molecule has 0 saturated heterocycles. The molecule has 5 nitrogen and oxygen atoms in total. The summed E-state index contributed by atoms with van der Waals surface area (Å²) in [5.41, 5.74) is 11.0. The van der Waals surface area contributed by atoms with Crippen LogP contribution in [0.15, 0.2) is 194 Å². The molecule has 1 aliphatic carbocycles. The van der Waals surface area contributed by atoms with Crippen molar-refractivity contribution in [2.24, 2.45) is 0 Å². The van der Waals surface area contributed by atoms with E-state index in [1.807, 2.05) is 60.7 Å². The molecule has 3 aromatic heterocycles. The predicted octanol–water partition coefficient (Wildman–Crippen LogP) is 12.8. The summed E-state index contributed by atoms with van der Waals surface area (Å²) in [5, 5.41) is 4.97. The van der Waals surface area contributed by atoms with E-state index in [2.05, 4.69) is 143 Å². The van der Waals surface area contributed by atoms with E-state index in [1.165, 1.54) is 43.7 Å². The van der Waals surface area contributed by atoms with Crippen LogP contribution in [-0.4, -0.2) is 24.1 Å². The topological polar surface area (TPSA) is 48.5 Å². The first-order valence-corrected chi connectivity index (χ1v) is 19.2. The quantitative estimate of drug-likeness (QED) is 0.172. The van der Waals surface area contributed by atoms with Gasteiger partial charge < -0.3 is 9.13 Å². The molecule has 0 fully saturated rings. The molecular formula is C51H35N5. The third-order valence-electron chi connectivity index (χ3n) is 11.1. The van der Waals surface area contributed by atoms with Crippen molar-refractivity contribution in [1.82, 2.24) is 24.1 Å². The minimum absolute atomic E-state index is 0.257. The first-order valence-electron chi connectivity index (χ1n) is 19.2. The van der Waals surface area contributed by atoms with Crippen LogP contribution in [-0.2, 0) is 0 Å². The monoisotopic (exact) mass is 717 g/mol. The van der Waals surface area contributed by atoms with Crippen LogP contribution in [0.25, 0.3) is 94.6 Å². The van der Waals surface area contributed by atoms with E-state index in [0.717, 1.165) is 39.8 Å². The molecule has 264 valence electrons. The zero-order chi connectivity index (χ0) is 37.0. The van der Waals surface area contributed by atoms with Crippen LogP contribution in [0, 0.1) is 0 Å². The van der Waals surface area contributed by atoms with E-state index in [9.17, 15) is 0 Å². The van der Waals surface area contributed by atoms with E-state index in [1.54, 1.807) is 0 Å². The lowest BCUT2D eigenvalue weighted by molar-refractivity contribution is 0.648. The van der Waals surface area contributed by atoms with Crippen molar-refractivity contribution in [1.29, 1.82) is 0 Å². The van der Waals surface area contributed by atoms with Gasteiger partial charge in [0.1, 0.15) is 0 Å². The van der Waals surface area contributed by atoms with Gasteiger partial charge in [0.05, 0.1) is 28.3 Å². The maximum absolute atomic E-state index is 5.14. The first kappa shape index (κ1) is 32.1. The van der Waals surface area contributed by atoms with Crippen LogP contribution in [0.4, 0.5) is 0 Å². The SMILES string of the molecule is C1=CCC(n2c3ccccc3c3ccc(-c4cccc5c4c4ccccc4n5-c4ccccc4-c4nc(-c5ccccc5)nc(-c5ccccc5)n4)cc32)C=C1. The van der Waals surface area contributed by atoms with Crippen molar-refractivity contribution in [3.8, 4) is 51.0 Å². The van der Waals surface area contributed by atoms with Crippen LogP contribution >= 0.6 is 0 Å². The second kappa shape index (κ2) is 13.2. The Morgan fingerprint density at radius 2 is 1.04 bits per heavy atom. The normalized spacial score (nSPS) is 14.0. The Labute approximate surface area is 324 Å². The Hall–Kier alpha value is -7.37. The van der Waals surface area contributed by atoms with E-state index in [0.29, 0.717) is 17.5 Å². The molecule has 0 spiro atoms. The van der Waals surface area contributed by atoms with Gasteiger partial charge >= 0.3 is 0 Å². The lowest BCUT2D eigenvalue weighted by atomic mass is 9.98. The number of para-hydroxylation sites is 3. The summed E-state index contributed by atoms with van der Waals surface area (Å²) in [4.78, 5) is 15.3. The van der Waals surface area contributed by atoms with Crippen LogP contribution in [0.2, 0.25) is 0 Å². The van der Waals surface area contributed by atoms with Gasteiger partial charge in [-0.3, -0.25) is 0 Å². The van der Waals surface area contributed by atoms with Gasteiger partial charge in [-0.15, -0.1) is 0 Å². The first-order chi connectivity index (χ1) is 27.8. The van der Waals surface area contributed by atoms with Crippen molar-refractivity contribution in [3.63, 3.8) is 0 Å². The van der Waals surface area contributed by atoms with E-state index >= 15 is 0 Å². The summed E-state index contributed by atoms with van der Waals surface area (Å²) in [7, 11) is 0. The van der Waals surface area contributed by atoms with Gasteiger partial charge in [-0.2, -0.15) is 0 Å². The zero-order valence-corrected chi connectivity index (χ0v) is 30.5. The molecule has 3 heterocycles. The Morgan fingerprint density at radius 1 is 0.429 bits per heavy atom. The second-order valence-corrected chi connectivity index (χ2v) is 14.3. The lowest BCUT2D eigenvalue weighted by Crippen LogP contribution is -2.06. The molecule has 0 saturated carbocycles. The molecule has 0 bridgehead atoms. The highest BCUT2D eigenvalue weighted by Gasteiger charge is 2.22. The fourth-order valence-electron chi connectivity index (χ4n) is 8.59. The average molecular weight is 718 g/mol. The highest BCUT2D eigenvalue weighted by molar-refractivity contribution is 6.17. The summed E-state index contributed by atoms with van der Waals surface area (Å²) in [6, 6.07) is 60.3. The third-order valence-corrected chi connectivity index (χ3v) is 11.1. The number of nitrogens with zero attached hydrogens (tertiary/aromatic N) is 5. The smallest absolute Gasteiger partial charge is 0.166 e. The minimum Gasteiger partial charge on any atom is -0.333 e. The molecular weight excluding hydrogens is 683 g/mol. The maximum Gasteiger partial charge on any atom is 0.166 e. The number of rotatable bonds is 6. The standard InChI is InChI=1S/C51H35N5/c1-4-17-34(18-5-1)49-52-50(35-19-6-2-7-20-35)54-51(53-49)42-25-12-15-29-45(42)56-44-28-14-11-24-41(44)48-38(26-16-30-46(48)56)36-31-32-40-39-23-10-13-27-43(39)55(47(40)33-36)37-21-8-3-9-22-37/h1-21,23-33,37H,22H2. The molecule has 56 heavy (non-hydrogen) atoms. The lowest BCUT2D eigenvalue weighted by Gasteiger charge is -2.18. The molecule has 0 radical (unpaired) electrons. The van der Waals surface area contributed by atoms with E-state index in [-0.39, 0.29) is 6.04 Å². The van der Waals surface area contributed by atoms with Crippen molar-refractivity contribution in [2.75, 3.05) is 0 Å². The van der Waals surface area contributed by atoms with Crippen molar-refractivity contribution in [3.05, 3.63) is 194 Å². The number of fused-ring (bicyclic) bond motifs is 6. The van der Waals surface area contributed by atoms with Gasteiger partial charge in [0, 0.05) is 43.8 Å². The molecule has 0 N–H and O–H groups in total. The number of aromatic nitrogens is 5. The summed E-state index contributed by atoms with van der Waals surface area (Å²) in [5.74, 6) is 1.91. The predicted molar refractivity (Wildman–Crippen MR) is 231 cm³/mol. The van der Waals surface area contributed by atoms with Crippen LogP contribution in [0.3, 0.4) is 0 Å². The molecule has 0 aliphatic heterocycles. The van der Waals surface area contributed by atoms with Crippen LogP contribution in [0.5, 0.6) is 0 Å². The zero-order valence-electron chi connectivity index (χ0n) is 30.5. The highest BCUT2D eigenvalue weighted by Crippen LogP contribution is 2.42. The summed E-state index contributed by atoms with van der Waals surface area (Å²) >= 11 is 0. The second-order valence-electron chi connectivity index (χ2n) is 14.3. The van der Waals surface area contributed by atoms with Crippen LogP contribution in [0.1, 0.15) is 12.5 Å². The van der Waals surface area contributed by atoms with Gasteiger partial charge in [-0.25, -0.2) is 15.0 Å². The molecule has 10 aromatic rings. The van der Waals surface area contributed by atoms with Gasteiger partial charge in [0.25, 0.3) is 0 Å².